The van der Waals surface area contributed by atoms with Crippen LogP contribution in [-0.4, -0.2) is 30.6 Å². The number of fused-ring (bicyclic) bond motifs is 1. The number of hydrogen-bond donors (Lipinski definition) is 2. The molecule has 0 spiro atoms. The van der Waals surface area contributed by atoms with Crippen molar-refractivity contribution in [2.45, 2.75) is 12.8 Å². The minimum Gasteiger partial charge on any atom is -0.356 e. The van der Waals surface area contributed by atoms with Crippen molar-refractivity contribution in [1.82, 2.24) is 15.6 Å². The van der Waals surface area contributed by atoms with Crippen LogP contribution in [0.1, 0.15) is 11.4 Å². The van der Waals surface area contributed by atoms with Gasteiger partial charge in [0, 0.05) is 31.1 Å². The van der Waals surface area contributed by atoms with Crippen molar-refractivity contribution in [1.29, 1.82) is 0 Å². The van der Waals surface area contributed by atoms with Crippen molar-refractivity contribution >= 4 is 39.1 Å². The second-order valence-electron chi connectivity index (χ2n) is 4.41. The molecular weight excluding hydrogens is 280 g/mol. The Balaban J connectivity index is 1.60. The summed E-state index contributed by atoms with van der Waals surface area (Å²) >= 11 is 7.68. The molecule has 0 saturated carbocycles. The zero-order valence-corrected chi connectivity index (χ0v) is 12.0. The normalized spacial score (nSPS) is 15.1. The van der Waals surface area contributed by atoms with E-state index in [1.807, 2.05) is 18.2 Å². The number of thiazole rings is 1. The van der Waals surface area contributed by atoms with Gasteiger partial charge in [0.05, 0.1) is 15.2 Å². The molecule has 19 heavy (non-hydrogen) atoms. The number of guanidine groups is 1. The van der Waals surface area contributed by atoms with Gasteiger partial charge in [-0.1, -0.05) is 11.6 Å². The standard InChI is InChI=1S/C13H15ClN4S/c14-9-2-3-11-10(8-9)18-12(19-11)4-7-17-13-15-5-1-6-16-13/h2-3,8H,1,4-7H2,(H2,15,16,17). The summed E-state index contributed by atoms with van der Waals surface area (Å²) in [5, 5.41) is 8.41. The number of rotatable bonds is 3. The SMILES string of the molecule is Clc1ccc2sc(CCNC3=NCCCN3)nc2c1. The summed E-state index contributed by atoms with van der Waals surface area (Å²) in [6, 6.07) is 5.85. The highest BCUT2D eigenvalue weighted by Crippen LogP contribution is 2.24. The highest BCUT2D eigenvalue weighted by molar-refractivity contribution is 7.18. The van der Waals surface area contributed by atoms with E-state index in [4.69, 9.17) is 11.6 Å². The first-order chi connectivity index (χ1) is 9.31. The smallest absolute Gasteiger partial charge is 0.191 e. The number of nitrogens with one attached hydrogen (secondary N) is 2. The Kier molecular flexibility index (Phi) is 3.84. The Hall–Kier alpha value is -1.33. The van der Waals surface area contributed by atoms with Gasteiger partial charge in [-0.05, 0) is 24.6 Å². The lowest BCUT2D eigenvalue weighted by Gasteiger charge is -2.15. The molecule has 3 rings (SSSR count). The molecule has 1 aliphatic rings. The molecule has 0 atom stereocenters. The highest BCUT2D eigenvalue weighted by Gasteiger charge is 2.06. The van der Waals surface area contributed by atoms with Gasteiger partial charge in [-0.25, -0.2) is 4.98 Å². The van der Waals surface area contributed by atoms with Gasteiger partial charge in [0.15, 0.2) is 5.96 Å². The zero-order chi connectivity index (χ0) is 13.1. The quantitative estimate of drug-likeness (QED) is 0.914. The van der Waals surface area contributed by atoms with E-state index in [1.54, 1.807) is 11.3 Å². The van der Waals surface area contributed by atoms with Crippen LogP contribution in [0.15, 0.2) is 23.2 Å². The highest BCUT2D eigenvalue weighted by atomic mass is 35.5. The van der Waals surface area contributed by atoms with Crippen LogP contribution in [0.4, 0.5) is 0 Å². The van der Waals surface area contributed by atoms with Crippen LogP contribution in [0.5, 0.6) is 0 Å². The summed E-state index contributed by atoms with van der Waals surface area (Å²) in [7, 11) is 0. The average molecular weight is 295 g/mol. The number of halogens is 1. The molecule has 0 amide bonds. The van der Waals surface area contributed by atoms with Gasteiger partial charge in [-0.3, -0.25) is 4.99 Å². The van der Waals surface area contributed by atoms with E-state index in [2.05, 4.69) is 20.6 Å². The van der Waals surface area contributed by atoms with Crippen LogP contribution in [0.3, 0.4) is 0 Å². The fourth-order valence-corrected chi connectivity index (χ4v) is 3.11. The number of aromatic nitrogens is 1. The second-order valence-corrected chi connectivity index (χ2v) is 5.96. The molecule has 2 N–H and O–H groups in total. The van der Waals surface area contributed by atoms with Crippen LogP contribution in [0.2, 0.25) is 5.02 Å². The molecular formula is C13H15ClN4S. The van der Waals surface area contributed by atoms with Crippen molar-refractivity contribution in [3.05, 3.63) is 28.2 Å². The third-order valence-electron chi connectivity index (χ3n) is 2.92. The molecule has 0 aliphatic carbocycles. The third-order valence-corrected chi connectivity index (χ3v) is 4.25. The minimum absolute atomic E-state index is 0.739. The Bertz CT molecular complexity index is 608. The van der Waals surface area contributed by atoms with Crippen LogP contribution >= 0.6 is 22.9 Å². The van der Waals surface area contributed by atoms with Crippen molar-refractivity contribution in [2.75, 3.05) is 19.6 Å². The molecule has 4 nitrogen and oxygen atoms in total. The van der Waals surface area contributed by atoms with E-state index in [0.717, 1.165) is 54.0 Å². The maximum absolute atomic E-state index is 5.96. The molecule has 1 aromatic heterocycles. The molecule has 2 aromatic rings. The lowest BCUT2D eigenvalue weighted by molar-refractivity contribution is 0.700. The number of nitrogens with zero attached hydrogens (tertiary/aromatic N) is 2. The van der Waals surface area contributed by atoms with Gasteiger partial charge in [0.25, 0.3) is 0 Å². The predicted octanol–water partition coefficient (Wildman–Crippen LogP) is 2.43. The third kappa shape index (κ3) is 3.16. The maximum atomic E-state index is 5.96. The van der Waals surface area contributed by atoms with Crippen molar-refractivity contribution < 1.29 is 0 Å². The van der Waals surface area contributed by atoms with Crippen molar-refractivity contribution in [3.63, 3.8) is 0 Å². The monoisotopic (exact) mass is 294 g/mol. The van der Waals surface area contributed by atoms with E-state index in [1.165, 1.54) is 4.70 Å². The molecule has 6 heteroatoms. The fourth-order valence-electron chi connectivity index (χ4n) is 1.99. The van der Waals surface area contributed by atoms with E-state index >= 15 is 0 Å². The second kappa shape index (κ2) is 5.75. The fraction of sp³-hybridized carbons (Fsp3) is 0.385. The van der Waals surface area contributed by atoms with E-state index in [-0.39, 0.29) is 0 Å². The van der Waals surface area contributed by atoms with Crippen LogP contribution in [0.25, 0.3) is 10.2 Å². The molecule has 100 valence electrons. The van der Waals surface area contributed by atoms with E-state index in [0.29, 0.717) is 0 Å². The summed E-state index contributed by atoms with van der Waals surface area (Å²) in [4.78, 5) is 8.96. The topological polar surface area (TPSA) is 49.3 Å². The predicted molar refractivity (Wildman–Crippen MR) is 81.3 cm³/mol. The molecule has 1 aromatic carbocycles. The first kappa shape index (κ1) is 12.7. The molecule has 0 unspecified atom stereocenters. The van der Waals surface area contributed by atoms with Crippen LogP contribution in [0, 0.1) is 0 Å². The van der Waals surface area contributed by atoms with Crippen LogP contribution < -0.4 is 10.6 Å². The van der Waals surface area contributed by atoms with Crippen LogP contribution in [-0.2, 0) is 6.42 Å². The Morgan fingerprint density at radius 2 is 2.37 bits per heavy atom. The number of aliphatic imine (C=N–C) groups is 1. The molecule has 2 heterocycles. The van der Waals surface area contributed by atoms with Gasteiger partial charge >= 0.3 is 0 Å². The van der Waals surface area contributed by atoms with Crippen molar-refractivity contribution in [2.24, 2.45) is 4.99 Å². The van der Waals surface area contributed by atoms with Gasteiger partial charge in [0.1, 0.15) is 0 Å². The molecule has 0 bridgehead atoms. The first-order valence-electron chi connectivity index (χ1n) is 6.38. The number of hydrogen-bond acceptors (Lipinski definition) is 5. The average Bonchev–Trinajstić information content (AvgIpc) is 2.82. The Labute approximate surface area is 120 Å². The van der Waals surface area contributed by atoms with E-state index in [9.17, 15) is 0 Å². The summed E-state index contributed by atoms with van der Waals surface area (Å²) in [6.07, 6.45) is 2.02. The molecule has 0 radical (unpaired) electrons. The molecule has 0 fully saturated rings. The van der Waals surface area contributed by atoms with Crippen molar-refractivity contribution in [3.8, 4) is 0 Å². The summed E-state index contributed by atoms with van der Waals surface area (Å²) in [5.41, 5.74) is 0.987. The number of benzene rings is 1. The van der Waals surface area contributed by atoms with Gasteiger partial charge < -0.3 is 10.6 Å². The largest absolute Gasteiger partial charge is 0.356 e. The minimum atomic E-state index is 0.739. The van der Waals surface area contributed by atoms with Gasteiger partial charge in [0.2, 0.25) is 0 Å². The first-order valence-corrected chi connectivity index (χ1v) is 7.58. The van der Waals surface area contributed by atoms with Gasteiger partial charge in [-0.15, -0.1) is 11.3 Å². The summed E-state index contributed by atoms with van der Waals surface area (Å²) < 4.78 is 1.19. The molecule has 1 aliphatic heterocycles. The zero-order valence-electron chi connectivity index (χ0n) is 10.4. The Morgan fingerprint density at radius 1 is 1.42 bits per heavy atom. The summed E-state index contributed by atoms with van der Waals surface area (Å²) in [6.45, 7) is 2.76. The lowest BCUT2D eigenvalue weighted by atomic mass is 10.3. The lowest BCUT2D eigenvalue weighted by Crippen LogP contribution is -2.41. The Morgan fingerprint density at radius 3 is 3.21 bits per heavy atom. The van der Waals surface area contributed by atoms with Gasteiger partial charge in [-0.2, -0.15) is 0 Å². The van der Waals surface area contributed by atoms with E-state index < -0.39 is 0 Å². The molecule has 0 saturated heterocycles. The summed E-state index contributed by atoms with van der Waals surface area (Å²) in [5.74, 6) is 0.912. The maximum Gasteiger partial charge on any atom is 0.191 e.